The van der Waals surface area contributed by atoms with Crippen molar-refractivity contribution in [3.63, 3.8) is 0 Å². The second-order valence-corrected chi connectivity index (χ2v) is 4.48. The molecule has 0 saturated carbocycles. The van der Waals surface area contributed by atoms with Crippen LogP contribution in [0, 0.1) is 6.92 Å². The zero-order valence-corrected chi connectivity index (χ0v) is 10.3. The maximum absolute atomic E-state index is 9.77. The van der Waals surface area contributed by atoms with Crippen LogP contribution >= 0.6 is 28.6 Å². The van der Waals surface area contributed by atoms with Crippen LogP contribution in [0.3, 0.4) is 0 Å². The summed E-state index contributed by atoms with van der Waals surface area (Å²) in [6, 6.07) is 5.61. The predicted octanol–water partition coefficient (Wildman–Crippen LogP) is 2.08. The van der Waals surface area contributed by atoms with Gasteiger partial charge in [-0.2, -0.15) is 12.6 Å². The number of aryl methyl sites for hydroxylation is 1. The minimum atomic E-state index is -0.870. The van der Waals surface area contributed by atoms with Gasteiger partial charge in [0.1, 0.15) is 6.10 Å². The van der Waals surface area contributed by atoms with Gasteiger partial charge in [-0.25, -0.2) is 0 Å². The number of aliphatic hydroxyl groups excluding tert-OH is 2. The molecule has 0 aromatic heterocycles. The molecular weight excluding hydrogens is 264 g/mol. The Balaban J connectivity index is 2.99. The largest absolute Gasteiger partial charge is 0.389 e. The first-order valence-corrected chi connectivity index (χ1v) is 5.72. The highest BCUT2D eigenvalue weighted by Crippen LogP contribution is 2.24. The quantitative estimate of drug-likeness (QED) is 0.740. The van der Waals surface area contributed by atoms with Gasteiger partial charge < -0.3 is 10.2 Å². The van der Waals surface area contributed by atoms with Crippen molar-refractivity contribution in [3.8, 4) is 0 Å². The first-order chi connectivity index (χ1) is 6.56. The fourth-order valence-electron chi connectivity index (χ4n) is 1.24. The van der Waals surface area contributed by atoms with E-state index in [1.165, 1.54) is 0 Å². The summed E-state index contributed by atoms with van der Waals surface area (Å²) in [6.45, 7) is 1.90. The monoisotopic (exact) mass is 276 g/mol. The van der Waals surface area contributed by atoms with Crippen molar-refractivity contribution in [1.29, 1.82) is 0 Å². The highest BCUT2D eigenvalue weighted by atomic mass is 79.9. The Hall–Kier alpha value is -0.0300. The molecule has 0 aliphatic rings. The molecule has 1 aromatic carbocycles. The maximum atomic E-state index is 9.77. The molecule has 14 heavy (non-hydrogen) atoms. The van der Waals surface area contributed by atoms with Crippen LogP contribution in [-0.4, -0.2) is 22.1 Å². The van der Waals surface area contributed by atoms with Crippen LogP contribution in [0.2, 0.25) is 0 Å². The van der Waals surface area contributed by atoms with E-state index in [-0.39, 0.29) is 5.75 Å². The molecule has 0 aliphatic heterocycles. The van der Waals surface area contributed by atoms with Crippen LogP contribution in [0.5, 0.6) is 0 Å². The van der Waals surface area contributed by atoms with Gasteiger partial charge >= 0.3 is 0 Å². The van der Waals surface area contributed by atoms with Crippen molar-refractivity contribution in [3.05, 3.63) is 33.8 Å². The van der Waals surface area contributed by atoms with Crippen molar-refractivity contribution in [2.45, 2.75) is 19.1 Å². The molecule has 2 unspecified atom stereocenters. The average molecular weight is 277 g/mol. The first kappa shape index (κ1) is 12.0. The average Bonchev–Trinajstić information content (AvgIpc) is 2.19. The molecule has 0 aliphatic carbocycles. The molecule has 0 radical (unpaired) electrons. The standard InChI is InChI=1S/C10H13BrO2S/c1-6-2-3-7(11)4-8(6)10(13)9(12)5-14/h2-4,9-10,12-14H,5H2,1H3. The van der Waals surface area contributed by atoms with E-state index in [0.29, 0.717) is 0 Å². The van der Waals surface area contributed by atoms with E-state index in [1.807, 2.05) is 25.1 Å². The lowest BCUT2D eigenvalue weighted by Gasteiger charge is -2.18. The molecule has 2 nitrogen and oxygen atoms in total. The number of hydrogen-bond acceptors (Lipinski definition) is 3. The summed E-state index contributed by atoms with van der Waals surface area (Å²) in [7, 11) is 0. The van der Waals surface area contributed by atoms with Crippen molar-refractivity contribution in [1.82, 2.24) is 0 Å². The Morgan fingerprint density at radius 1 is 1.43 bits per heavy atom. The van der Waals surface area contributed by atoms with E-state index in [1.54, 1.807) is 0 Å². The number of thiol groups is 1. The van der Waals surface area contributed by atoms with Gasteiger partial charge in [-0.3, -0.25) is 0 Å². The molecule has 0 fully saturated rings. The molecule has 4 heteroatoms. The number of aliphatic hydroxyl groups is 2. The van der Waals surface area contributed by atoms with E-state index in [0.717, 1.165) is 15.6 Å². The third-order valence-electron chi connectivity index (χ3n) is 2.11. The van der Waals surface area contributed by atoms with E-state index in [2.05, 4.69) is 28.6 Å². The summed E-state index contributed by atoms with van der Waals surface area (Å²) in [5.41, 5.74) is 1.70. The smallest absolute Gasteiger partial charge is 0.106 e. The maximum Gasteiger partial charge on any atom is 0.106 e. The molecule has 2 atom stereocenters. The molecular formula is C10H13BrO2S. The number of hydrogen-bond donors (Lipinski definition) is 3. The summed E-state index contributed by atoms with van der Waals surface area (Å²) < 4.78 is 0.892. The van der Waals surface area contributed by atoms with Gasteiger partial charge in [0.05, 0.1) is 6.10 Å². The number of benzene rings is 1. The lowest BCUT2D eigenvalue weighted by atomic mass is 10.0. The third kappa shape index (κ3) is 2.73. The summed E-state index contributed by atoms with van der Waals surface area (Å²) >= 11 is 7.27. The Bertz CT molecular complexity index is 317. The highest BCUT2D eigenvalue weighted by molar-refractivity contribution is 9.10. The van der Waals surface area contributed by atoms with Crippen molar-refractivity contribution in [2.75, 3.05) is 5.75 Å². The summed E-state index contributed by atoms with van der Waals surface area (Å²) in [6.07, 6.45) is -1.70. The van der Waals surface area contributed by atoms with Gasteiger partial charge in [-0.15, -0.1) is 0 Å². The predicted molar refractivity (Wildman–Crippen MR) is 63.7 cm³/mol. The number of rotatable bonds is 3. The molecule has 0 amide bonds. The first-order valence-electron chi connectivity index (χ1n) is 4.29. The SMILES string of the molecule is Cc1ccc(Br)cc1C(O)C(O)CS. The summed E-state index contributed by atoms with van der Waals surface area (Å²) in [5.74, 6) is 0.243. The fraction of sp³-hybridized carbons (Fsp3) is 0.400. The molecule has 2 N–H and O–H groups in total. The molecule has 0 spiro atoms. The van der Waals surface area contributed by atoms with Crippen LogP contribution in [0.4, 0.5) is 0 Å². The second-order valence-electron chi connectivity index (χ2n) is 3.20. The van der Waals surface area contributed by atoms with E-state index < -0.39 is 12.2 Å². The summed E-state index contributed by atoms with van der Waals surface area (Å²) in [4.78, 5) is 0. The molecule has 0 bridgehead atoms. The minimum absolute atomic E-state index is 0.243. The van der Waals surface area contributed by atoms with Crippen molar-refractivity contribution < 1.29 is 10.2 Å². The Labute approximate surface area is 97.5 Å². The van der Waals surface area contributed by atoms with Crippen LogP contribution in [0.15, 0.2) is 22.7 Å². The van der Waals surface area contributed by atoms with Crippen LogP contribution in [0.1, 0.15) is 17.2 Å². The van der Waals surface area contributed by atoms with Gasteiger partial charge in [0.25, 0.3) is 0 Å². The lowest BCUT2D eigenvalue weighted by Crippen LogP contribution is -2.20. The van der Waals surface area contributed by atoms with E-state index in [9.17, 15) is 10.2 Å². The van der Waals surface area contributed by atoms with Gasteiger partial charge in [-0.05, 0) is 30.2 Å². The van der Waals surface area contributed by atoms with E-state index >= 15 is 0 Å². The lowest BCUT2D eigenvalue weighted by molar-refractivity contribution is 0.0333. The summed E-state index contributed by atoms with van der Waals surface area (Å²) in [5, 5.41) is 19.2. The van der Waals surface area contributed by atoms with E-state index in [4.69, 9.17) is 0 Å². The molecule has 1 aromatic rings. The zero-order chi connectivity index (χ0) is 10.7. The fourth-order valence-corrected chi connectivity index (χ4v) is 1.82. The van der Waals surface area contributed by atoms with Gasteiger partial charge in [0.2, 0.25) is 0 Å². The van der Waals surface area contributed by atoms with Gasteiger partial charge in [-0.1, -0.05) is 22.0 Å². The number of halogens is 1. The normalized spacial score (nSPS) is 15.2. The second kappa shape index (κ2) is 5.16. The minimum Gasteiger partial charge on any atom is -0.389 e. The van der Waals surface area contributed by atoms with Crippen LogP contribution in [-0.2, 0) is 0 Å². The van der Waals surface area contributed by atoms with Gasteiger partial charge in [0.15, 0.2) is 0 Å². The van der Waals surface area contributed by atoms with Crippen molar-refractivity contribution >= 4 is 28.6 Å². The molecule has 1 rings (SSSR count). The Morgan fingerprint density at radius 2 is 2.07 bits per heavy atom. The Kier molecular flexibility index (Phi) is 4.44. The third-order valence-corrected chi connectivity index (χ3v) is 2.98. The molecule has 78 valence electrons. The Morgan fingerprint density at radius 3 is 2.64 bits per heavy atom. The molecule has 0 heterocycles. The van der Waals surface area contributed by atoms with Crippen molar-refractivity contribution in [2.24, 2.45) is 0 Å². The topological polar surface area (TPSA) is 40.5 Å². The highest BCUT2D eigenvalue weighted by Gasteiger charge is 2.18. The van der Waals surface area contributed by atoms with Crippen LogP contribution < -0.4 is 0 Å². The van der Waals surface area contributed by atoms with Gasteiger partial charge in [0, 0.05) is 10.2 Å². The molecule has 0 saturated heterocycles. The zero-order valence-electron chi connectivity index (χ0n) is 7.81. The van der Waals surface area contributed by atoms with Crippen LogP contribution in [0.25, 0.3) is 0 Å².